The molecule has 0 unspecified atom stereocenters. The zero-order chi connectivity index (χ0) is 19.4. The molecule has 2 N–H and O–H groups in total. The summed E-state index contributed by atoms with van der Waals surface area (Å²) in [4.78, 5) is 14.8. The SMILES string of the molecule is C[C@H](C(=O)Nc1cccc(S(=O)(=O)N2CCOCC2)c1)N1CCC(O)CC1. The van der Waals surface area contributed by atoms with Gasteiger partial charge in [0, 0.05) is 31.9 Å². The number of carbonyl (C=O) groups is 1. The van der Waals surface area contributed by atoms with E-state index in [9.17, 15) is 18.3 Å². The topological polar surface area (TPSA) is 99.2 Å². The Morgan fingerprint density at radius 3 is 2.56 bits per heavy atom. The van der Waals surface area contributed by atoms with Gasteiger partial charge in [-0.25, -0.2) is 8.42 Å². The number of nitrogens with one attached hydrogen (secondary N) is 1. The van der Waals surface area contributed by atoms with Crippen LogP contribution in [0, 0.1) is 0 Å². The molecule has 1 atom stereocenters. The Labute approximate surface area is 160 Å². The summed E-state index contributed by atoms with van der Waals surface area (Å²) in [6, 6.07) is 6.00. The van der Waals surface area contributed by atoms with Gasteiger partial charge in [0.05, 0.1) is 30.3 Å². The van der Waals surface area contributed by atoms with E-state index in [1.807, 2.05) is 11.8 Å². The summed E-state index contributed by atoms with van der Waals surface area (Å²) in [6.45, 7) is 4.59. The second-order valence-corrected chi connectivity index (χ2v) is 8.91. The molecule has 1 amide bonds. The molecule has 0 radical (unpaired) electrons. The van der Waals surface area contributed by atoms with Crippen molar-refractivity contribution in [3.63, 3.8) is 0 Å². The van der Waals surface area contributed by atoms with Crippen LogP contribution in [0.1, 0.15) is 19.8 Å². The molecule has 3 rings (SSSR count). The van der Waals surface area contributed by atoms with Gasteiger partial charge in [0.2, 0.25) is 15.9 Å². The molecule has 8 nitrogen and oxygen atoms in total. The third-order valence-corrected chi connectivity index (χ3v) is 7.03. The standard InChI is InChI=1S/C18H27N3O5S/c1-14(20-7-5-16(22)6-8-20)18(23)19-15-3-2-4-17(13-15)27(24,25)21-9-11-26-12-10-21/h2-4,13-14,16,22H,5-12H2,1H3,(H,19,23)/t14-/m1/s1. The van der Waals surface area contributed by atoms with Crippen molar-refractivity contribution in [1.82, 2.24) is 9.21 Å². The second-order valence-electron chi connectivity index (χ2n) is 6.98. The van der Waals surface area contributed by atoms with Crippen molar-refractivity contribution in [2.24, 2.45) is 0 Å². The summed E-state index contributed by atoms with van der Waals surface area (Å²) in [5, 5.41) is 12.4. The van der Waals surface area contributed by atoms with E-state index in [0.29, 0.717) is 57.9 Å². The fraction of sp³-hybridized carbons (Fsp3) is 0.611. The van der Waals surface area contributed by atoms with Crippen LogP contribution in [-0.2, 0) is 19.6 Å². The highest BCUT2D eigenvalue weighted by Gasteiger charge is 2.28. The molecule has 1 aromatic carbocycles. The predicted octanol–water partition coefficient (Wildman–Crippen LogP) is 0.491. The summed E-state index contributed by atoms with van der Waals surface area (Å²) in [6.07, 6.45) is 1.02. The van der Waals surface area contributed by atoms with E-state index in [2.05, 4.69) is 5.32 Å². The highest BCUT2D eigenvalue weighted by atomic mass is 32.2. The zero-order valence-corrected chi connectivity index (χ0v) is 16.3. The third kappa shape index (κ3) is 4.85. The quantitative estimate of drug-likeness (QED) is 0.750. The van der Waals surface area contributed by atoms with Crippen LogP contribution in [0.25, 0.3) is 0 Å². The van der Waals surface area contributed by atoms with Gasteiger partial charge >= 0.3 is 0 Å². The van der Waals surface area contributed by atoms with E-state index in [1.165, 1.54) is 16.4 Å². The van der Waals surface area contributed by atoms with E-state index < -0.39 is 10.0 Å². The number of likely N-dealkylation sites (tertiary alicyclic amines) is 1. The Bertz CT molecular complexity index is 756. The van der Waals surface area contributed by atoms with E-state index >= 15 is 0 Å². The number of piperidine rings is 1. The fourth-order valence-corrected chi connectivity index (χ4v) is 4.81. The number of aliphatic hydroxyl groups excluding tert-OH is 1. The first-order valence-corrected chi connectivity index (χ1v) is 10.7. The summed E-state index contributed by atoms with van der Waals surface area (Å²) in [7, 11) is -3.60. The van der Waals surface area contributed by atoms with Gasteiger partial charge in [-0.15, -0.1) is 0 Å². The van der Waals surface area contributed by atoms with Crippen molar-refractivity contribution in [3.05, 3.63) is 24.3 Å². The number of aliphatic hydroxyl groups is 1. The summed E-state index contributed by atoms with van der Waals surface area (Å²) in [5.41, 5.74) is 0.457. The van der Waals surface area contributed by atoms with Crippen LogP contribution in [0.3, 0.4) is 0 Å². The molecule has 2 aliphatic rings. The number of nitrogens with zero attached hydrogens (tertiary/aromatic N) is 2. The molecule has 1 aromatic rings. The number of amides is 1. The third-order valence-electron chi connectivity index (χ3n) is 5.14. The van der Waals surface area contributed by atoms with Crippen molar-refractivity contribution in [2.75, 3.05) is 44.7 Å². The number of rotatable bonds is 5. The van der Waals surface area contributed by atoms with Crippen LogP contribution in [0.5, 0.6) is 0 Å². The van der Waals surface area contributed by atoms with Gasteiger partial charge in [0.15, 0.2) is 0 Å². The Balaban J connectivity index is 1.67. The molecule has 0 bridgehead atoms. The molecule has 0 spiro atoms. The number of hydrogen-bond donors (Lipinski definition) is 2. The smallest absolute Gasteiger partial charge is 0.243 e. The molecule has 2 heterocycles. The van der Waals surface area contributed by atoms with Gasteiger partial charge < -0.3 is 15.2 Å². The molecule has 0 aliphatic carbocycles. The number of sulfonamides is 1. The molecule has 2 aliphatic heterocycles. The minimum absolute atomic E-state index is 0.163. The maximum atomic E-state index is 12.8. The number of carbonyl (C=O) groups excluding carboxylic acids is 1. The summed E-state index contributed by atoms with van der Waals surface area (Å²) >= 11 is 0. The van der Waals surface area contributed by atoms with Crippen LogP contribution < -0.4 is 5.32 Å². The Hall–Kier alpha value is -1.52. The minimum atomic E-state index is -3.60. The van der Waals surface area contributed by atoms with Crippen LogP contribution >= 0.6 is 0 Å². The van der Waals surface area contributed by atoms with E-state index in [0.717, 1.165) is 0 Å². The van der Waals surface area contributed by atoms with Crippen molar-refractivity contribution in [1.29, 1.82) is 0 Å². The van der Waals surface area contributed by atoms with Gasteiger partial charge in [-0.1, -0.05) is 6.07 Å². The Morgan fingerprint density at radius 2 is 1.89 bits per heavy atom. The molecular formula is C18H27N3O5S. The average molecular weight is 397 g/mol. The van der Waals surface area contributed by atoms with E-state index in [-0.39, 0.29) is 22.9 Å². The maximum absolute atomic E-state index is 12.8. The number of ether oxygens (including phenoxy) is 1. The number of morpholine rings is 1. The van der Waals surface area contributed by atoms with E-state index in [4.69, 9.17) is 4.74 Å². The molecule has 2 fully saturated rings. The van der Waals surface area contributed by atoms with Crippen molar-refractivity contribution in [3.8, 4) is 0 Å². The van der Waals surface area contributed by atoms with Gasteiger partial charge in [-0.2, -0.15) is 4.31 Å². The normalized spacial score (nSPS) is 21.7. The van der Waals surface area contributed by atoms with Gasteiger partial charge in [-0.3, -0.25) is 9.69 Å². The van der Waals surface area contributed by atoms with Gasteiger partial charge in [0.25, 0.3) is 0 Å². The zero-order valence-electron chi connectivity index (χ0n) is 15.5. The lowest BCUT2D eigenvalue weighted by atomic mass is 10.1. The molecule has 0 saturated carbocycles. The van der Waals surface area contributed by atoms with Crippen molar-refractivity contribution >= 4 is 21.6 Å². The highest BCUT2D eigenvalue weighted by Crippen LogP contribution is 2.21. The maximum Gasteiger partial charge on any atom is 0.243 e. The Kier molecular flexibility index (Phi) is 6.48. The fourth-order valence-electron chi connectivity index (χ4n) is 3.36. The number of hydrogen-bond acceptors (Lipinski definition) is 6. The number of benzene rings is 1. The van der Waals surface area contributed by atoms with E-state index in [1.54, 1.807) is 12.1 Å². The molecule has 9 heteroatoms. The molecule has 150 valence electrons. The second kappa shape index (κ2) is 8.66. The number of anilines is 1. The summed E-state index contributed by atoms with van der Waals surface area (Å²) in [5.74, 6) is -0.188. The first-order valence-electron chi connectivity index (χ1n) is 9.29. The predicted molar refractivity (Wildman–Crippen MR) is 101 cm³/mol. The largest absolute Gasteiger partial charge is 0.393 e. The lowest BCUT2D eigenvalue weighted by Crippen LogP contribution is -2.47. The van der Waals surface area contributed by atoms with Crippen LogP contribution in [-0.4, -0.2) is 80.2 Å². The minimum Gasteiger partial charge on any atom is -0.393 e. The monoisotopic (exact) mass is 397 g/mol. The Morgan fingerprint density at radius 1 is 1.22 bits per heavy atom. The molecule has 0 aromatic heterocycles. The molecular weight excluding hydrogens is 370 g/mol. The summed E-state index contributed by atoms with van der Waals surface area (Å²) < 4.78 is 32.1. The molecule has 27 heavy (non-hydrogen) atoms. The highest BCUT2D eigenvalue weighted by molar-refractivity contribution is 7.89. The lowest BCUT2D eigenvalue weighted by molar-refractivity contribution is -0.121. The van der Waals surface area contributed by atoms with Gasteiger partial charge in [0.1, 0.15) is 0 Å². The van der Waals surface area contributed by atoms with Crippen LogP contribution in [0.4, 0.5) is 5.69 Å². The van der Waals surface area contributed by atoms with Crippen LogP contribution in [0.15, 0.2) is 29.2 Å². The first kappa shape index (κ1) is 20.2. The average Bonchev–Trinajstić information content (AvgIpc) is 2.69. The lowest BCUT2D eigenvalue weighted by Gasteiger charge is -2.33. The van der Waals surface area contributed by atoms with Gasteiger partial charge in [-0.05, 0) is 38.0 Å². The molecule has 2 saturated heterocycles. The first-order chi connectivity index (χ1) is 12.9. The van der Waals surface area contributed by atoms with Crippen molar-refractivity contribution < 1.29 is 23.1 Å². The van der Waals surface area contributed by atoms with Crippen LogP contribution in [0.2, 0.25) is 0 Å². The van der Waals surface area contributed by atoms with Crippen molar-refractivity contribution in [2.45, 2.75) is 36.8 Å².